The van der Waals surface area contributed by atoms with E-state index < -0.39 is 0 Å². The van der Waals surface area contributed by atoms with Gasteiger partial charge in [-0.3, -0.25) is 4.98 Å². The fraction of sp³-hybridized carbons (Fsp3) is 0.353. The van der Waals surface area contributed by atoms with Gasteiger partial charge >= 0.3 is 0 Å². The first kappa shape index (κ1) is 15.6. The number of hydrogen-bond acceptors (Lipinski definition) is 2. The highest BCUT2D eigenvalue weighted by Crippen LogP contribution is 2.31. The molecule has 22 heavy (non-hydrogen) atoms. The molecule has 1 aromatic carbocycles. The molecule has 1 fully saturated rings. The van der Waals surface area contributed by atoms with Gasteiger partial charge in [0, 0.05) is 12.4 Å². The van der Waals surface area contributed by atoms with Gasteiger partial charge in [0.25, 0.3) is 0 Å². The summed E-state index contributed by atoms with van der Waals surface area (Å²) in [5.74, 6) is 0.609. The molecule has 0 bridgehead atoms. The lowest BCUT2D eigenvalue weighted by Gasteiger charge is -2.10. The van der Waals surface area contributed by atoms with E-state index in [9.17, 15) is 4.39 Å². The largest absolute Gasteiger partial charge is 0.490 e. The molecule has 0 unspecified atom stereocenters. The van der Waals surface area contributed by atoms with Crippen molar-refractivity contribution in [2.24, 2.45) is 5.92 Å². The molecular weight excluding hydrogens is 324 g/mol. The average molecular weight is 340 g/mol. The van der Waals surface area contributed by atoms with Gasteiger partial charge in [-0.15, -0.1) is 0 Å². The van der Waals surface area contributed by atoms with Crippen LogP contribution in [0.5, 0.6) is 5.75 Å². The van der Waals surface area contributed by atoms with Crippen molar-refractivity contribution in [3.63, 3.8) is 0 Å². The maximum atomic E-state index is 13.8. The third kappa shape index (κ3) is 3.90. The Kier molecular flexibility index (Phi) is 4.84. The van der Waals surface area contributed by atoms with Crippen LogP contribution in [-0.2, 0) is 12.8 Å². The van der Waals surface area contributed by atoms with Gasteiger partial charge in [-0.1, -0.05) is 29.3 Å². The van der Waals surface area contributed by atoms with Crippen molar-refractivity contribution < 1.29 is 9.13 Å². The minimum atomic E-state index is -0.315. The molecule has 1 aliphatic rings. The predicted octanol–water partition coefficient (Wildman–Crippen LogP) is 5.10. The molecule has 0 N–H and O–H groups in total. The van der Waals surface area contributed by atoms with Crippen LogP contribution >= 0.6 is 23.2 Å². The Morgan fingerprint density at radius 3 is 2.55 bits per heavy atom. The monoisotopic (exact) mass is 339 g/mol. The van der Waals surface area contributed by atoms with Crippen molar-refractivity contribution in [3.05, 3.63) is 57.6 Å². The Balaban J connectivity index is 1.68. The van der Waals surface area contributed by atoms with Gasteiger partial charge in [0.15, 0.2) is 11.6 Å². The van der Waals surface area contributed by atoms with Gasteiger partial charge in [0.2, 0.25) is 0 Å². The number of ether oxygens (including phenoxy) is 1. The van der Waals surface area contributed by atoms with Crippen molar-refractivity contribution >= 4 is 23.2 Å². The normalized spacial score (nSPS) is 14.1. The van der Waals surface area contributed by atoms with E-state index in [2.05, 4.69) is 4.98 Å². The number of hydrogen-bond donors (Lipinski definition) is 0. The predicted molar refractivity (Wildman–Crippen MR) is 86.3 cm³/mol. The highest BCUT2D eigenvalue weighted by Gasteiger charge is 2.22. The number of benzene rings is 1. The smallest absolute Gasteiger partial charge is 0.165 e. The lowest BCUT2D eigenvalue weighted by Crippen LogP contribution is -2.02. The van der Waals surface area contributed by atoms with Crippen molar-refractivity contribution in [2.45, 2.75) is 25.7 Å². The van der Waals surface area contributed by atoms with Gasteiger partial charge < -0.3 is 4.74 Å². The van der Waals surface area contributed by atoms with Crippen LogP contribution in [0.1, 0.15) is 24.0 Å². The van der Waals surface area contributed by atoms with Crippen LogP contribution in [0.3, 0.4) is 0 Å². The molecule has 0 spiro atoms. The first-order chi connectivity index (χ1) is 10.6. The van der Waals surface area contributed by atoms with Crippen molar-refractivity contribution in [1.82, 2.24) is 4.98 Å². The fourth-order valence-corrected chi connectivity index (χ4v) is 2.81. The Morgan fingerprint density at radius 2 is 1.86 bits per heavy atom. The van der Waals surface area contributed by atoms with E-state index in [0.29, 0.717) is 41.2 Å². The maximum absolute atomic E-state index is 13.8. The molecule has 1 aliphatic carbocycles. The van der Waals surface area contributed by atoms with Crippen LogP contribution in [0.15, 0.2) is 30.6 Å². The van der Waals surface area contributed by atoms with E-state index in [0.717, 1.165) is 11.1 Å². The van der Waals surface area contributed by atoms with Gasteiger partial charge in [0.1, 0.15) is 0 Å². The second-order valence-corrected chi connectivity index (χ2v) is 6.42. The van der Waals surface area contributed by atoms with Gasteiger partial charge in [-0.25, -0.2) is 4.39 Å². The first-order valence-electron chi connectivity index (χ1n) is 7.32. The van der Waals surface area contributed by atoms with Crippen LogP contribution < -0.4 is 4.74 Å². The van der Waals surface area contributed by atoms with E-state index in [4.69, 9.17) is 27.9 Å². The summed E-state index contributed by atoms with van der Waals surface area (Å²) in [7, 11) is 0. The lowest BCUT2D eigenvalue weighted by molar-refractivity contribution is 0.285. The molecule has 0 radical (unpaired) electrons. The van der Waals surface area contributed by atoms with Gasteiger partial charge in [-0.05, 0) is 54.9 Å². The Labute approximate surface area is 139 Å². The zero-order valence-electron chi connectivity index (χ0n) is 12.0. The quantitative estimate of drug-likeness (QED) is 0.730. The Bertz CT molecular complexity index is 653. The second kappa shape index (κ2) is 6.84. The Hall–Kier alpha value is -1.32. The Morgan fingerprint density at radius 1 is 1.14 bits per heavy atom. The number of aryl methyl sites for hydroxylation is 1. The molecule has 0 amide bonds. The summed E-state index contributed by atoms with van der Waals surface area (Å²) in [6.45, 7) is 0.600. The molecule has 2 aromatic rings. The fourth-order valence-electron chi connectivity index (χ4n) is 2.25. The average Bonchev–Trinajstić information content (AvgIpc) is 3.31. The summed E-state index contributed by atoms with van der Waals surface area (Å²) >= 11 is 12.2. The standard InChI is InChI=1S/C17H16Cl2FNO/c18-14-8-21-9-15(19)13(14)5-3-11-4-6-16(20)17(7-11)22-10-12-1-2-12/h4,6-9,12H,1-3,5,10H2. The van der Waals surface area contributed by atoms with Crippen LogP contribution in [0.4, 0.5) is 4.39 Å². The minimum absolute atomic E-state index is 0.315. The molecular formula is C17H16Cl2FNO. The molecule has 1 aromatic heterocycles. The molecule has 1 heterocycles. The topological polar surface area (TPSA) is 22.1 Å². The van der Waals surface area contributed by atoms with E-state index in [1.807, 2.05) is 0 Å². The van der Waals surface area contributed by atoms with E-state index >= 15 is 0 Å². The maximum Gasteiger partial charge on any atom is 0.165 e. The van der Waals surface area contributed by atoms with Crippen LogP contribution in [0.25, 0.3) is 0 Å². The third-order valence-corrected chi connectivity index (χ3v) is 4.43. The second-order valence-electron chi connectivity index (χ2n) is 5.60. The summed E-state index contributed by atoms with van der Waals surface area (Å²) in [5, 5.41) is 1.11. The molecule has 1 saturated carbocycles. The lowest BCUT2D eigenvalue weighted by atomic mass is 10.0. The zero-order chi connectivity index (χ0) is 15.5. The summed E-state index contributed by atoms with van der Waals surface area (Å²) in [6, 6.07) is 4.98. The zero-order valence-corrected chi connectivity index (χ0v) is 13.5. The number of nitrogens with zero attached hydrogens (tertiary/aromatic N) is 1. The molecule has 5 heteroatoms. The molecule has 0 atom stereocenters. The summed E-state index contributed by atoms with van der Waals surface area (Å²) in [5.41, 5.74) is 1.86. The van der Waals surface area contributed by atoms with Gasteiger partial charge in [0.05, 0.1) is 16.7 Å². The number of aromatic nitrogens is 1. The molecule has 0 aliphatic heterocycles. The van der Waals surface area contributed by atoms with Crippen molar-refractivity contribution in [1.29, 1.82) is 0 Å². The number of pyridine rings is 1. The number of halogens is 3. The van der Waals surface area contributed by atoms with E-state index in [1.165, 1.54) is 18.9 Å². The third-order valence-electron chi connectivity index (χ3n) is 3.78. The minimum Gasteiger partial charge on any atom is -0.490 e. The van der Waals surface area contributed by atoms with Crippen LogP contribution in [0.2, 0.25) is 10.0 Å². The first-order valence-corrected chi connectivity index (χ1v) is 8.08. The number of rotatable bonds is 6. The van der Waals surface area contributed by atoms with Crippen molar-refractivity contribution in [2.75, 3.05) is 6.61 Å². The van der Waals surface area contributed by atoms with E-state index in [1.54, 1.807) is 24.5 Å². The summed E-state index contributed by atoms with van der Waals surface area (Å²) < 4.78 is 19.3. The highest BCUT2D eigenvalue weighted by molar-refractivity contribution is 6.35. The van der Waals surface area contributed by atoms with Crippen LogP contribution in [0, 0.1) is 11.7 Å². The van der Waals surface area contributed by atoms with E-state index in [-0.39, 0.29) is 5.82 Å². The molecule has 0 saturated heterocycles. The summed E-state index contributed by atoms with van der Waals surface area (Å²) in [6.07, 6.45) is 6.91. The van der Waals surface area contributed by atoms with Crippen LogP contribution in [-0.4, -0.2) is 11.6 Å². The molecule has 116 valence electrons. The molecule has 2 nitrogen and oxygen atoms in total. The van der Waals surface area contributed by atoms with Crippen molar-refractivity contribution in [3.8, 4) is 5.75 Å². The molecule has 3 rings (SSSR count). The van der Waals surface area contributed by atoms with Gasteiger partial charge in [-0.2, -0.15) is 0 Å². The summed E-state index contributed by atoms with van der Waals surface area (Å²) in [4.78, 5) is 3.94. The SMILES string of the molecule is Fc1ccc(CCc2c(Cl)cncc2Cl)cc1OCC1CC1. The highest BCUT2D eigenvalue weighted by atomic mass is 35.5.